The van der Waals surface area contributed by atoms with E-state index in [1.807, 2.05) is 18.2 Å². The molecule has 1 saturated heterocycles. The number of piperazine rings is 1. The van der Waals surface area contributed by atoms with Gasteiger partial charge in [-0.3, -0.25) is 4.79 Å². The van der Waals surface area contributed by atoms with Gasteiger partial charge >= 0.3 is 6.09 Å². The van der Waals surface area contributed by atoms with Crippen LogP contribution in [0, 0.1) is 23.6 Å². The van der Waals surface area contributed by atoms with Gasteiger partial charge in [0.1, 0.15) is 6.10 Å². The number of fused-ring (bicyclic) bond motifs is 2. The monoisotopic (exact) mass is 546 g/mol. The molecule has 11 nitrogen and oxygen atoms in total. The second-order valence-corrected chi connectivity index (χ2v) is 10.6. The first-order valence-corrected chi connectivity index (χ1v) is 13.1. The lowest BCUT2D eigenvalue weighted by Gasteiger charge is -2.36. The summed E-state index contributed by atoms with van der Waals surface area (Å²) in [4.78, 5) is 37.3. The number of amides is 2. The summed E-state index contributed by atoms with van der Waals surface area (Å²) >= 11 is 5.88. The Morgan fingerprint density at radius 2 is 2.00 bits per heavy atom. The zero-order valence-electron chi connectivity index (χ0n) is 21.1. The Hall–Kier alpha value is -3.38. The molecule has 2 saturated carbocycles. The number of benzene rings is 1. The van der Waals surface area contributed by atoms with Crippen molar-refractivity contribution in [2.24, 2.45) is 23.5 Å². The van der Waals surface area contributed by atoms with E-state index in [1.165, 1.54) is 0 Å². The average molecular weight is 547 g/mol. The van der Waals surface area contributed by atoms with Crippen LogP contribution in [-0.2, 0) is 16.1 Å². The number of carbonyl (C=O) groups excluding carboxylic acids is 2. The summed E-state index contributed by atoms with van der Waals surface area (Å²) < 4.78 is 19.8. The van der Waals surface area contributed by atoms with Gasteiger partial charge in [0.2, 0.25) is 11.2 Å². The number of halogens is 2. The van der Waals surface area contributed by atoms with E-state index in [0.29, 0.717) is 25.1 Å². The van der Waals surface area contributed by atoms with Crippen molar-refractivity contribution in [1.82, 2.24) is 20.2 Å². The van der Waals surface area contributed by atoms with Crippen LogP contribution in [0.2, 0.25) is 5.28 Å². The zero-order chi connectivity index (χ0) is 27.0. The molecular weight excluding hydrogens is 515 g/mol. The lowest BCUT2D eigenvalue weighted by molar-refractivity contribution is -0.127. The molecule has 38 heavy (non-hydrogen) atoms. The highest BCUT2D eigenvalue weighted by Crippen LogP contribution is 2.51. The first kappa shape index (κ1) is 26.2. The molecule has 3 aliphatic rings. The molecule has 204 valence electrons. The van der Waals surface area contributed by atoms with Crippen molar-refractivity contribution in [3.63, 3.8) is 0 Å². The molecule has 2 aromatic rings. The van der Waals surface area contributed by atoms with Crippen LogP contribution in [0.4, 0.5) is 26.4 Å². The highest BCUT2D eigenvalue weighted by atomic mass is 35.5. The molecule has 1 aliphatic heterocycles. The van der Waals surface area contributed by atoms with Gasteiger partial charge in [-0.05, 0) is 61.2 Å². The van der Waals surface area contributed by atoms with Gasteiger partial charge in [0, 0.05) is 56.1 Å². The van der Waals surface area contributed by atoms with Crippen LogP contribution in [0.1, 0.15) is 18.4 Å². The number of nitrogens with one attached hydrogen (secondary N) is 2. The van der Waals surface area contributed by atoms with Crippen LogP contribution in [0.15, 0.2) is 24.4 Å². The third-order valence-electron chi connectivity index (χ3n) is 7.93. The van der Waals surface area contributed by atoms with Gasteiger partial charge in [-0.2, -0.15) is 4.98 Å². The minimum Gasteiger partial charge on any atom is -0.446 e. The normalized spacial score (nSPS) is 26.8. The molecule has 5 atom stereocenters. The van der Waals surface area contributed by atoms with Gasteiger partial charge in [-0.25, -0.2) is 14.2 Å². The SMILES string of the molecule is CN1CCN(c2ccc(N)cc2CNC(=O)C2C3CC(OC(N)=O)C(C3)C2Nc2nc(Cl)ncc2F)CC1. The maximum Gasteiger partial charge on any atom is 0.404 e. The van der Waals surface area contributed by atoms with Crippen molar-refractivity contribution in [3.8, 4) is 0 Å². The van der Waals surface area contributed by atoms with Crippen LogP contribution in [0.3, 0.4) is 0 Å². The van der Waals surface area contributed by atoms with Crippen molar-refractivity contribution < 1.29 is 18.7 Å². The molecule has 2 aliphatic carbocycles. The lowest BCUT2D eigenvalue weighted by Crippen LogP contribution is -2.49. The number of carbonyl (C=O) groups is 2. The quantitative estimate of drug-likeness (QED) is 0.301. The van der Waals surface area contributed by atoms with Gasteiger partial charge in [0.05, 0.1) is 12.1 Å². The van der Waals surface area contributed by atoms with E-state index in [1.54, 1.807) is 0 Å². The molecule has 1 aromatic heterocycles. The summed E-state index contributed by atoms with van der Waals surface area (Å²) in [6, 6.07) is 5.21. The number of ether oxygens (including phenoxy) is 1. The number of rotatable bonds is 7. The van der Waals surface area contributed by atoms with Crippen LogP contribution < -0.4 is 27.0 Å². The Morgan fingerprint density at radius 3 is 2.74 bits per heavy atom. The molecule has 13 heteroatoms. The van der Waals surface area contributed by atoms with Crippen molar-refractivity contribution >= 4 is 40.8 Å². The molecule has 2 heterocycles. The third kappa shape index (κ3) is 5.41. The second kappa shape index (κ2) is 10.8. The molecule has 5 rings (SSSR count). The number of hydrogen-bond donors (Lipinski definition) is 4. The molecule has 6 N–H and O–H groups in total. The van der Waals surface area contributed by atoms with Crippen molar-refractivity contribution in [2.75, 3.05) is 49.2 Å². The van der Waals surface area contributed by atoms with Crippen molar-refractivity contribution in [1.29, 1.82) is 0 Å². The van der Waals surface area contributed by atoms with Crippen LogP contribution in [0.5, 0.6) is 0 Å². The fraction of sp³-hybridized carbons (Fsp3) is 0.520. The Balaban J connectivity index is 1.34. The van der Waals surface area contributed by atoms with Crippen LogP contribution >= 0.6 is 11.6 Å². The highest BCUT2D eigenvalue weighted by Gasteiger charge is 2.57. The maximum atomic E-state index is 14.5. The Bertz CT molecular complexity index is 1210. The van der Waals surface area contributed by atoms with Crippen LogP contribution in [-0.4, -0.2) is 72.2 Å². The van der Waals surface area contributed by atoms with E-state index < -0.39 is 30.0 Å². The molecule has 0 radical (unpaired) electrons. The summed E-state index contributed by atoms with van der Waals surface area (Å²) in [7, 11) is 2.10. The van der Waals surface area contributed by atoms with E-state index >= 15 is 0 Å². The van der Waals surface area contributed by atoms with Gasteiger partial charge in [0.15, 0.2) is 11.6 Å². The van der Waals surface area contributed by atoms with E-state index in [9.17, 15) is 14.0 Å². The summed E-state index contributed by atoms with van der Waals surface area (Å²) in [5.41, 5.74) is 14.0. The fourth-order valence-electron chi connectivity index (χ4n) is 6.17. The predicted molar refractivity (Wildman–Crippen MR) is 141 cm³/mol. The number of nitrogens with zero attached hydrogens (tertiary/aromatic N) is 4. The maximum absolute atomic E-state index is 14.5. The van der Waals surface area contributed by atoms with Gasteiger partial charge in [-0.1, -0.05) is 0 Å². The fourth-order valence-corrected chi connectivity index (χ4v) is 6.30. The van der Waals surface area contributed by atoms with Crippen molar-refractivity contribution in [2.45, 2.75) is 31.5 Å². The minimum atomic E-state index is -0.878. The third-order valence-corrected chi connectivity index (χ3v) is 8.11. The molecule has 2 bridgehead atoms. The average Bonchev–Trinajstić information content (AvgIpc) is 3.43. The molecule has 0 spiro atoms. The number of primary amides is 1. The highest BCUT2D eigenvalue weighted by molar-refractivity contribution is 6.28. The van der Waals surface area contributed by atoms with Gasteiger partial charge in [0.25, 0.3) is 0 Å². The van der Waals surface area contributed by atoms with Gasteiger partial charge < -0.3 is 36.6 Å². The molecular formula is C25H32ClFN8O3. The molecule has 5 unspecified atom stereocenters. The topological polar surface area (TPSA) is 152 Å². The second-order valence-electron chi connectivity index (χ2n) is 10.3. The lowest BCUT2D eigenvalue weighted by atomic mass is 9.82. The van der Waals surface area contributed by atoms with E-state index in [-0.39, 0.29) is 28.8 Å². The zero-order valence-corrected chi connectivity index (χ0v) is 21.8. The smallest absolute Gasteiger partial charge is 0.404 e. The summed E-state index contributed by atoms with van der Waals surface area (Å²) in [5.74, 6) is -1.81. The van der Waals surface area contributed by atoms with Crippen LogP contribution in [0.25, 0.3) is 0 Å². The number of nitrogen functional groups attached to an aromatic ring is 1. The van der Waals surface area contributed by atoms with Gasteiger partial charge in [-0.15, -0.1) is 0 Å². The molecule has 2 amide bonds. The van der Waals surface area contributed by atoms with E-state index in [0.717, 1.165) is 43.6 Å². The number of hydrogen-bond acceptors (Lipinski definition) is 9. The number of nitrogens with two attached hydrogens (primary N) is 2. The largest absolute Gasteiger partial charge is 0.446 e. The van der Waals surface area contributed by atoms with Crippen molar-refractivity contribution in [3.05, 3.63) is 41.1 Å². The minimum absolute atomic E-state index is 0.0832. The predicted octanol–water partition coefficient (Wildman–Crippen LogP) is 1.82. The first-order valence-electron chi connectivity index (χ1n) is 12.7. The van der Waals surface area contributed by atoms with E-state index in [2.05, 4.69) is 37.4 Å². The number of likely N-dealkylation sites (N-methyl/N-ethyl adjacent to an activating group) is 1. The summed E-state index contributed by atoms with van der Waals surface area (Å²) in [6.07, 6.45) is 0.742. The Kier molecular flexibility index (Phi) is 7.44. The molecule has 3 fully saturated rings. The Morgan fingerprint density at radius 1 is 1.24 bits per heavy atom. The van der Waals surface area contributed by atoms with E-state index in [4.69, 9.17) is 27.8 Å². The standard InChI is InChI=1S/C25H32ClFN8O3/c1-34-4-6-35(7-5-34)18-3-2-15(28)8-14(18)11-30-23(36)20-13-9-16(19(10-13)38-25(29)37)21(20)32-22-17(27)12-31-24(26)33-22/h2-3,8,12-13,16,19-21H,4-7,9-11,28H2,1H3,(H2,29,37)(H,30,36)(H,31,32,33). The number of aromatic nitrogens is 2. The summed E-state index contributed by atoms with van der Waals surface area (Å²) in [5, 5.41) is 6.01. The first-order chi connectivity index (χ1) is 18.2. The Labute approximate surface area is 225 Å². The summed E-state index contributed by atoms with van der Waals surface area (Å²) in [6.45, 7) is 3.96. The molecule has 1 aromatic carbocycles. The number of anilines is 3.